The molecule has 0 bridgehead atoms. The van der Waals surface area contributed by atoms with Crippen molar-refractivity contribution >= 4 is 0 Å². The van der Waals surface area contributed by atoms with Gasteiger partial charge in [-0.25, -0.2) is 0 Å². The molecule has 1 saturated heterocycles. The molecule has 2 aliphatic carbocycles. The molecule has 2 saturated carbocycles. The van der Waals surface area contributed by atoms with Gasteiger partial charge in [-0.15, -0.1) is 0 Å². The number of piperidine rings is 1. The topological polar surface area (TPSA) is 43.7 Å². The lowest BCUT2D eigenvalue weighted by molar-refractivity contribution is -0.0423. The predicted octanol–water partition coefficient (Wildman–Crippen LogP) is 2.31. The van der Waals surface area contributed by atoms with Gasteiger partial charge in [0.1, 0.15) is 0 Å². The van der Waals surface area contributed by atoms with E-state index in [2.05, 4.69) is 4.90 Å². The molecule has 0 aromatic heterocycles. The second-order valence-electron chi connectivity index (χ2n) is 6.88. The van der Waals surface area contributed by atoms with Crippen LogP contribution in [0.25, 0.3) is 0 Å². The summed E-state index contributed by atoms with van der Waals surface area (Å²) in [6, 6.07) is 0.904. The molecule has 0 aromatic carbocycles. The van der Waals surface area contributed by atoms with Crippen molar-refractivity contribution in [2.24, 2.45) is 5.92 Å². The zero-order chi connectivity index (χ0) is 13.2. The lowest BCUT2D eigenvalue weighted by atomic mass is 9.77. The fourth-order valence-corrected chi connectivity index (χ4v) is 4.75. The molecule has 0 amide bonds. The van der Waals surface area contributed by atoms with Crippen LogP contribution in [-0.4, -0.2) is 45.9 Å². The average Bonchev–Trinajstić information content (AvgIpc) is 2.86. The molecule has 1 heterocycles. The Morgan fingerprint density at radius 2 is 1.32 bits per heavy atom. The molecule has 3 fully saturated rings. The number of rotatable bonds is 2. The molecule has 110 valence electrons. The molecule has 1 aliphatic heterocycles. The summed E-state index contributed by atoms with van der Waals surface area (Å²) in [6.07, 6.45) is 11.5. The van der Waals surface area contributed by atoms with Crippen molar-refractivity contribution in [3.63, 3.8) is 0 Å². The molecule has 2 N–H and O–H groups in total. The summed E-state index contributed by atoms with van der Waals surface area (Å²) in [7, 11) is 0. The van der Waals surface area contributed by atoms with E-state index < -0.39 is 0 Å². The van der Waals surface area contributed by atoms with Gasteiger partial charge in [0.25, 0.3) is 0 Å². The maximum Gasteiger partial charge on any atom is 0.0695 e. The zero-order valence-electron chi connectivity index (χ0n) is 12.0. The first kappa shape index (κ1) is 13.8. The second-order valence-corrected chi connectivity index (χ2v) is 6.88. The zero-order valence-corrected chi connectivity index (χ0v) is 12.0. The van der Waals surface area contributed by atoms with E-state index in [0.29, 0.717) is 18.0 Å². The quantitative estimate of drug-likeness (QED) is 0.807. The summed E-state index contributed by atoms with van der Waals surface area (Å²) in [4.78, 5) is 2.58. The summed E-state index contributed by atoms with van der Waals surface area (Å²) < 4.78 is 0. The Morgan fingerprint density at radius 1 is 0.632 bits per heavy atom. The Balaban J connectivity index is 1.72. The molecule has 0 aromatic rings. The normalized spacial score (nSPS) is 45.5. The lowest BCUT2D eigenvalue weighted by Gasteiger charge is -2.47. The van der Waals surface area contributed by atoms with E-state index in [-0.39, 0.29) is 12.2 Å². The van der Waals surface area contributed by atoms with Crippen LogP contribution in [0.5, 0.6) is 0 Å². The Labute approximate surface area is 117 Å². The number of aliphatic hydroxyl groups excluding tert-OH is 2. The fraction of sp³-hybridized carbons (Fsp3) is 1.00. The van der Waals surface area contributed by atoms with Crippen LogP contribution in [0.3, 0.4) is 0 Å². The van der Waals surface area contributed by atoms with Crippen molar-refractivity contribution in [2.75, 3.05) is 6.54 Å². The van der Waals surface area contributed by atoms with Gasteiger partial charge in [0.15, 0.2) is 0 Å². The molecule has 0 radical (unpaired) electrons. The third-order valence-corrected chi connectivity index (χ3v) is 5.74. The highest BCUT2D eigenvalue weighted by molar-refractivity contribution is 4.95. The minimum Gasteiger partial charge on any atom is -0.393 e. The van der Waals surface area contributed by atoms with Crippen LogP contribution in [-0.2, 0) is 0 Å². The smallest absolute Gasteiger partial charge is 0.0695 e. The van der Waals surface area contributed by atoms with Crippen molar-refractivity contribution in [2.45, 2.75) is 88.5 Å². The van der Waals surface area contributed by atoms with Gasteiger partial charge in [-0.05, 0) is 51.5 Å². The first-order valence-electron chi connectivity index (χ1n) is 8.39. The van der Waals surface area contributed by atoms with Crippen LogP contribution < -0.4 is 0 Å². The second kappa shape index (κ2) is 6.11. The SMILES string of the molecule is OC1CCCCC1C1CCCCN1C1CCCC1O. The van der Waals surface area contributed by atoms with E-state index in [1.807, 2.05) is 0 Å². The first-order valence-corrected chi connectivity index (χ1v) is 8.39. The van der Waals surface area contributed by atoms with Crippen LogP contribution in [0.15, 0.2) is 0 Å². The molecule has 19 heavy (non-hydrogen) atoms. The Bertz CT molecular complexity index is 296. The van der Waals surface area contributed by atoms with Crippen molar-refractivity contribution in [3.8, 4) is 0 Å². The summed E-state index contributed by atoms with van der Waals surface area (Å²) >= 11 is 0. The summed E-state index contributed by atoms with van der Waals surface area (Å²) in [5, 5.41) is 20.6. The van der Waals surface area contributed by atoms with E-state index >= 15 is 0 Å². The number of nitrogens with zero attached hydrogens (tertiary/aromatic N) is 1. The molecule has 5 unspecified atom stereocenters. The van der Waals surface area contributed by atoms with Crippen LogP contribution in [0.2, 0.25) is 0 Å². The maximum atomic E-state index is 10.4. The molecule has 0 spiro atoms. The number of likely N-dealkylation sites (tertiary alicyclic amines) is 1. The van der Waals surface area contributed by atoms with Gasteiger partial charge in [-0.3, -0.25) is 4.90 Å². The lowest BCUT2D eigenvalue weighted by Crippen LogP contribution is -2.54. The number of hydrogen-bond acceptors (Lipinski definition) is 3. The minimum atomic E-state index is -0.124. The van der Waals surface area contributed by atoms with Gasteiger partial charge in [0, 0.05) is 18.0 Å². The molecular weight excluding hydrogens is 238 g/mol. The molecule has 5 atom stereocenters. The summed E-state index contributed by atoms with van der Waals surface area (Å²) in [5.41, 5.74) is 0. The first-order chi connectivity index (χ1) is 9.27. The molecule has 3 aliphatic rings. The monoisotopic (exact) mass is 267 g/mol. The van der Waals surface area contributed by atoms with E-state index in [9.17, 15) is 10.2 Å². The summed E-state index contributed by atoms with van der Waals surface area (Å²) in [5.74, 6) is 0.460. The van der Waals surface area contributed by atoms with Gasteiger partial charge < -0.3 is 10.2 Å². The van der Waals surface area contributed by atoms with E-state index in [4.69, 9.17) is 0 Å². The van der Waals surface area contributed by atoms with E-state index in [1.54, 1.807) is 0 Å². The Morgan fingerprint density at radius 3 is 2.05 bits per heavy atom. The van der Waals surface area contributed by atoms with Gasteiger partial charge >= 0.3 is 0 Å². The highest BCUT2D eigenvalue weighted by atomic mass is 16.3. The van der Waals surface area contributed by atoms with Crippen molar-refractivity contribution in [1.29, 1.82) is 0 Å². The largest absolute Gasteiger partial charge is 0.393 e. The molecule has 3 nitrogen and oxygen atoms in total. The van der Waals surface area contributed by atoms with Crippen molar-refractivity contribution in [3.05, 3.63) is 0 Å². The van der Waals surface area contributed by atoms with Gasteiger partial charge in [0.2, 0.25) is 0 Å². The van der Waals surface area contributed by atoms with Crippen molar-refractivity contribution in [1.82, 2.24) is 4.90 Å². The maximum absolute atomic E-state index is 10.4. The molecular formula is C16H29NO2. The fourth-order valence-electron chi connectivity index (χ4n) is 4.75. The van der Waals surface area contributed by atoms with Crippen LogP contribution in [0.4, 0.5) is 0 Å². The van der Waals surface area contributed by atoms with Gasteiger partial charge in [-0.1, -0.05) is 19.3 Å². The predicted molar refractivity (Wildman–Crippen MR) is 76.0 cm³/mol. The minimum absolute atomic E-state index is 0.0992. The van der Waals surface area contributed by atoms with Crippen molar-refractivity contribution < 1.29 is 10.2 Å². The van der Waals surface area contributed by atoms with Gasteiger partial charge in [-0.2, -0.15) is 0 Å². The van der Waals surface area contributed by atoms with Crippen LogP contribution in [0.1, 0.15) is 64.2 Å². The Kier molecular flexibility index (Phi) is 4.45. The Hall–Kier alpha value is -0.120. The standard InChI is InChI=1S/C16H29NO2/c18-15-9-2-1-6-12(15)13-7-3-4-11-17(13)14-8-5-10-16(14)19/h12-16,18-19H,1-11H2. The van der Waals surface area contributed by atoms with E-state index in [1.165, 1.54) is 44.9 Å². The highest BCUT2D eigenvalue weighted by Gasteiger charge is 2.41. The number of aliphatic hydroxyl groups is 2. The molecule has 3 heteroatoms. The average molecular weight is 267 g/mol. The highest BCUT2D eigenvalue weighted by Crippen LogP contribution is 2.37. The van der Waals surface area contributed by atoms with E-state index in [0.717, 1.165) is 25.8 Å². The third-order valence-electron chi connectivity index (χ3n) is 5.74. The number of hydrogen-bond donors (Lipinski definition) is 2. The third kappa shape index (κ3) is 2.84. The van der Waals surface area contributed by atoms with Crippen LogP contribution in [0, 0.1) is 5.92 Å². The molecule has 3 rings (SSSR count). The summed E-state index contributed by atoms with van der Waals surface area (Å²) in [6.45, 7) is 1.13. The van der Waals surface area contributed by atoms with Crippen LogP contribution >= 0.6 is 0 Å². The van der Waals surface area contributed by atoms with Gasteiger partial charge in [0.05, 0.1) is 12.2 Å².